The van der Waals surface area contributed by atoms with Crippen LogP contribution in [0.5, 0.6) is 5.75 Å². The van der Waals surface area contributed by atoms with Crippen molar-refractivity contribution in [2.75, 3.05) is 25.0 Å². The number of halogens is 3. The van der Waals surface area contributed by atoms with Crippen LogP contribution in [0.25, 0.3) is 0 Å². The summed E-state index contributed by atoms with van der Waals surface area (Å²) in [7, 11) is -2.79. The molecule has 1 saturated heterocycles. The maximum Gasteiger partial charge on any atom is 0.410 e. The zero-order valence-electron chi connectivity index (χ0n) is 19.9. The van der Waals surface area contributed by atoms with E-state index in [0.29, 0.717) is 12.1 Å². The fraction of sp³-hybridized carbons (Fsp3) is 0.455. The fourth-order valence-electron chi connectivity index (χ4n) is 4.09. The Morgan fingerprint density at radius 1 is 1.17 bits per heavy atom. The highest BCUT2D eigenvalue weighted by Crippen LogP contribution is 2.35. The lowest BCUT2D eigenvalue weighted by atomic mass is 10.1. The molecule has 2 aliphatic heterocycles. The predicted octanol–water partition coefficient (Wildman–Crippen LogP) is 2.60. The maximum absolute atomic E-state index is 13.6. The third-order valence-corrected chi connectivity index (χ3v) is 7.17. The third-order valence-electron chi connectivity index (χ3n) is 5.69. The molecule has 36 heavy (non-hydrogen) atoms. The topological polar surface area (TPSA) is 119 Å². The van der Waals surface area contributed by atoms with Crippen molar-refractivity contribution in [3.63, 3.8) is 0 Å². The summed E-state index contributed by atoms with van der Waals surface area (Å²) >= 11 is 0. The molecule has 2 aromatic rings. The Hall–Kier alpha value is -3.26. The van der Waals surface area contributed by atoms with Crippen molar-refractivity contribution in [1.82, 2.24) is 14.2 Å². The highest BCUT2D eigenvalue weighted by atomic mass is 32.2. The minimum absolute atomic E-state index is 0.0381. The molecule has 196 valence electrons. The first kappa shape index (κ1) is 25.8. The number of sulfonamides is 1. The second kappa shape index (κ2) is 9.00. The number of likely N-dealkylation sites (tertiary alicyclic amines) is 1. The minimum Gasteiger partial charge on any atom is -0.489 e. The number of carbonyl (C=O) groups is 2. The summed E-state index contributed by atoms with van der Waals surface area (Å²) in [5.74, 6) is -6.34. The number of carbonyl (C=O) groups excluding carboxylic acids is 2. The molecular weight excluding hydrogens is 505 g/mol. The Balaban J connectivity index is 1.60. The van der Waals surface area contributed by atoms with Crippen LogP contribution in [0.4, 0.5) is 23.7 Å². The van der Waals surface area contributed by atoms with Gasteiger partial charge in [0, 0.05) is 56.1 Å². The van der Waals surface area contributed by atoms with Crippen molar-refractivity contribution in [2.45, 2.75) is 37.3 Å². The Kier molecular flexibility index (Phi) is 6.45. The molecule has 1 aromatic heterocycles. The zero-order chi connectivity index (χ0) is 26.6. The Morgan fingerprint density at radius 3 is 2.42 bits per heavy atom. The van der Waals surface area contributed by atoms with Crippen LogP contribution in [0.1, 0.15) is 31.3 Å². The van der Waals surface area contributed by atoms with Crippen molar-refractivity contribution in [3.05, 3.63) is 41.5 Å². The average Bonchev–Trinajstić information content (AvgIpc) is 3.28. The van der Waals surface area contributed by atoms with Crippen molar-refractivity contribution >= 4 is 27.7 Å². The van der Waals surface area contributed by atoms with E-state index in [1.54, 1.807) is 20.8 Å². The second-order valence-electron chi connectivity index (χ2n) is 9.67. The van der Waals surface area contributed by atoms with Crippen molar-refractivity contribution in [1.29, 1.82) is 0 Å². The van der Waals surface area contributed by atoms with Crippen LogP contribution < -0.4 is 14.8 Å². The number of nitrogens with zero attached hydrogens (tertiary/aromatic N) is 2. The standard InChI is InChI=1S/C22H25F3N4O6S/c1-22(2,3)35-21(31)29-7-11-10-34-19-16(36(32,33)27-15(11)8-29)9-28(4)18(19)20(30)26-12-5-13(23)17(25)14(24)6-12/h5-6,9,11,15,27H,7-8,10H2,1-4H3,(H,26,30)/t11-,15-/m0/s1. The molecule has 1 fully saturated rings. The number of aryl methyl sites for hydroxylation is 1. The quantitative estimate of drug-likeness (QED) is 0.577. The molecule has 2 atom stereocenters. The smallest absolute Gasteiger partial charge is 0.410 e. The normalized spacial score (nSPS) is 21.0. The number of amides is 2. The van der Waals surface area contributed by atoms with Gasteiger partial charge in [-0.05, 0) is 20.8 Å². The molecule has 0 unspecified atom stereocenters. The second-order valence-corrected chi connectivity index (χ2v) is 11.4. The van der Waals surface area contributed by atoms with Gasteiger partial charge in [-0.25, -0.2) is 31.1 Å². The monoisotopic (exact) mass is 530 g/mol. The largest absolute Gasteiger partial charge is 0.489 e. The van der Waals surface area contributed by atoms with Crippen molar-refractivity contribution < 1.29 is 40.7 Å². The summed E-state index contributed by atoms with van der Waals surface area (Å²) < 4.78 is 81.6. The predicted molar refractivity (Wildman–Crippen MR) is 121 cm³/mol. The Labute approximate surface area is 205 Å². The number of nitrogens with one attached hydrogen (secondary N) is 2. The number of hydrogen-bond donors (Lipinski definition) is 2. The number of benzene rings is 1. The van der Waals surface area contributed by atoms with Crippen LogP contribution >= 0.6 is 0 Å². The van der Waals surface area contributed by atoms with Gasteiger partial charge in [-0.2, -0.15) is 0 Å². The van der Waals surface area contributed by atoms with E-state index in [2.05, 4.69) is 10.0 Å². The van der Waals surface area contributed by atoms with Gasteiger partial charge in [0.15, 0.2) is 28.9 Å². The molecule has 3 heterocycles. The minimum atomic E-state index is -4.19. The number of ether oxygens (including phenoxy) is 2. The van der Waals surface area contributed by atoms with Gasteiger partial charge < -0.3 is 24.3 Å². The lowest BCUT2D eigenvalue weighted by Gasteiger charge is -2.24. The molecule has 10 nitrogen and oxygen atoms in total. The van der Waals surface area contributed by atoms with Gasteiger partial charge in [0.2, 0.25) is 10.0 Å². The van der Waals surface area contributed by atoms with Crippen LogP contribution in [0.3, 0.4) is 0 Å². The third kappa shape index (κ3) is 5.00. The average molecular weight is 531 g/mol. The Morgan fingerprint density at radius 2 is 1.81 bits per heavy atom. The first-order valence-electron chi connectivity index (χ1n) is 10.9. The van der Waals surface area contributed by atoms with E-state index in [-0.39, 0.29) is 41.7 Å². The molecule has 2 aliphatic rings. The van der Waals surface area contributed by atoms with Crippen LogP contribution in [-0.4, -0.2) is 61.2 Å². The van der Waals surface area contributed by atoms with Gasteiger partial charge in [-0.15, -0.1) is 0 Å². The van der Waals surface area contributed by atoms with Gasteiger partial charge in [-0.1, -0.05) is 0 Å². The highest BCUT2D eigenvalue weighted by molar-refractivity contribution is 7.89. The Bertz CT molecular complexity index is 1310. The van der Waals surface area contributed by atoms with E-state index in [1.165, 1.54) is 22.7 Å². The van der Waals surface area contributed by atoms with E-state index in [1.807, 2.05) is 0 Å². The molecule has 0 spiro atoms. The van der Waals surface area contributed by atoms with Gasteiger partial charge in [-0.3, -0.25) is 4.79 Å². The van der Waals surface area contributed by atoms with Crippen molar-refractivity contribution in [3.8, 4) is 5.75 Å². The highest BCUT2D eigenvalue weighted by Gasteiger charge is 2.43. The zero-order valence-corrected chi connectivity index (χ0v) is 20.7. The van der Waals surface area contributed by atoms with Gasteiger partial charge in [0.1, 0.15) is 10.5 Å². The lowest BCUT2D eigenvalue weighted by molar-refractivity contribution is 0.0283. The summed E-state index contributed by atoms with van der Waals surface area (Å²) in [5.41, 5.74) is -1.34. The van der Waals surface area contributed by atoms with Gasteiger partial charge >= 0.3 is 6.09 Å². The number of fused-ring (bicyclic) bond motifs is 2. The number of hydrogen-bond acceptors (Lipinski definition) is 6. The lowest BCUT2D eigenvalue weighted by Crippen LogP contribution is -2.44. The molecule has 1 aromatic carbocycles. The molecule has 0 radical (unpaired) electrons. The molecule has 14 heteroatoms. The van der Waals surface area contributed by atoms with Gasteiger partial charge in [0.05, 0.1) is 6.61 Å². The van der Waals surface area contributed by atoms with E-state index < -0.39 is 57.0 Å². The fourth-order valence-corrected chi connectivity index (χ4v) is 5.58. The summed E-state index contributed by atoms with van der Waals surface area (Å²) in [4.78, 5) is 26.5. The summed E-state index contributed by atoms with van der Waals surface area (Å²) in [6.07, 6.45) is 0.574. The van der Waals surface area contributed by atoms with Crippen molar-refractivity contribution in [2.24, 2.45) is 13.0 Å². The summed E-state index contributed by atoms with van der Waals surface area (Å²) in [6, 6.07) is 0.533. The first-order valence-corrected chi connectivity index (χ1v) is 12.4. The SMILES string of the molecule is Cn1cc2c(c1C(=O)Nc1cc(F)c(F)c(F)c1)OC[C@@H]1CN(C(=O)OC(C)(C)C)C[C@@H]1NS2(=O)=O. The molecule has 4 rings (SSSR count). The molecule has 0 saturated carbocycles. The number of rotatable bonds is 2. The van der Waals surface area contributed by atoms with Crippen LogP contribution in [0.2, 0.25) is 0 Å². The summed E-state index contributed by atoms with van der Waals surface area (Å²) in [6.45, 7) is 5.33. The van der Waals surface area contributed by atoms with Crippen LogP contribution in [-0.2, 0) is 21.8 Å². The molecule has 2 N–H and O–H groups in total. The van der Waals surface area contributed by atoms with Gasteiger partial charge in [0.25, 0.3) is 5.91 Å². The van der Waals surface area contributed by atoms with E-state index in [4.69, 9.17) is 9.47 Å². The van der Waals surface area contributed by atoms with Crippen LogP contribution in [0.15, 0.2) is 23.2 Å². The van der Waals surface area contributed by atoms with E-state index >= 15 is 0 Å². The molecular formula is C22H25F3N4O6S. The van der Waals surface area contributed by atoms with E-state index in [9.17, 15) is 31.2 Å². The number of anilines is 1. The first-order chi connectivity index (χ1) is 16.7. The molecule has 2 amide bonds. The molecule has 0 aliphatic carbocycles. The summed E-state index contributed by atoms with van der Waals surface area (Å²) in [5, 5.41) is 2.23. The molecule has 0 bridgehead atoms. The maximum atomic E-state index is 13.6. The van der Waals surface area contributed by atoms with Crippen LogP contribution in [0, 0.1) is 23.4 Å². The number of aromatic nitrogens is 1. The van der Waals surface area contributed by atoms with E-state index in [0.717, 1.165) is 0 Å².